The van der Waals surface area contributed by atoms with Crippen molar-refractivity contribution in [2.45, 2.75) is 90.9 Å². The van der Waals surface area contributed by atoms with E-state index in [4.69, 9.17) is 4.74 Å². The molecule has 1 amide bonds. The maximum absolute atomic E-state index is 13.3. The van der Waals surface area contributed by atoms with Gasteiger partial charge in [0, 0.05) is 23.2 Å². The molecule has 0 fully saturated rings. The van der Waals surface area contributed by atoms with Crippen molar-refractivity contribution in [2.75, 3.05) is 0 Å². The summed E-state index contributed by atoms with van der Waals surface area (Å²) in [6, 6.07) is 1.43. The Morgan fingerprint density at radius 2 is 1.89 bits per heavy atom. The molecule has 206 valence electrons. The lowest BCUT2D eigenvalue weighted by Crippen LogP contribution is -2.49. The molecule has 1 aliphatic carbocycles. The topological polar surface area (TPSA) is 124 Å². The predicted molar refractivity (Wildman–Crippen MR) is 145 cm³/mol. The minimum atomic E-state index is -4.27. The lowest BCUT2D eigenvalue weighted by atomic mass is 9.84. The molecule has 0 aromatic heterocycles. The first-order valence-corrected chi connectivity index (χ1v) is 14.5. The van der Waals surface area contributed by atoms with Crippen LogP contribution >= 0.6 is 0 Å². The number of ether oxygens (including phenoxy) is 1. The zero-order valence-electron chi connectivity index (χ0n) is 22.5. The van der Waals surface area contributed by atoms with E-state index >= 15 is 0 Å². The highest BCUT2D eigenvalue weighted by molar-refractivity contribution is 7.89. The third kappa shape index (κ3) is 5.75. The molecule has 3 aliphatic rings. The molecule has 3 N–H and O–H groups in total. The van der Waals surface area contributed by atoms with Gasteiger partial charge in [0.2, 0.25) is 0 Å². The SMILES string of the molecule is CC(C)=CCC/C(C)=C/CCC1(C)Oc2c(c(O)cc3c2CN(C2=CC=C(S(=O)(=O)O)CC2)C3=O)CC1O. The summed E-state index contributed by atoms with van der Waals surface area (Å²) in [4.78, 5) is 14.7. The smallest absolute Gasteiger partial charge is 0.290 e. The van der Waals surface area contributed by atoms with Crippen molar-refractivity contribution in [2.24, 2.45) is 0 Å². The summed E-state index contributed by atoms with van der Waals surface area (Å²) in [5.74, 6) is 0.0501. The fourth-order valence-electron chi connectivity index (χ4n) is 5.28. The third-order valence-corrected chi connectivity index (χ3v) is 8.69. The normalized spacial score (nSPS) is 23.3. The number of aliphatic hydroxyl groups is 1. The summed E-state index contributed by atoms with van der Waals surface area (Å²) >= 11 is 0. The third-order valence-electron chi connectivity index (χ3n) is 7.68. The van der Waals surface area contributed by atoms with Gasteiger partial charge in [-0.05, 0) is 84.4 Å². The monoisotopic (exact) mass is 543 g/mol. The Bertz CT molecular complexity index is 1370. The first-order chi connectivity index (χ1) is 17.8. The number of amides is 1. The number of phenolic OH excluding ortho intramolecular Hbond substituents is 1. The molecule has 0 saturated carbocycles. The largest absolute Gasteiger partial charge is 0.508 e. The molecule has 1 aromatic carbocycles. The number of rotatable bonds is 8. The van der Waals surface area contributed by atoms with Gasteiger partial charge in [0.05, 0.1) is 23.1 Å². The van der Waals surface area contributed by atoms with E-state index in [1.165, 1.54) is 29.4 Å². The molecule has 9 heteroatoms. The quantitative estimate of drug-likeness (QED) is 0.299. The van der Waals surface area contributed by atoms with E-state index in [9.17, 15) is 28.0 Å². The van der Waals surface area contributed by atoms with Crippen molar-refractivity contribution < 1.29 is 32.7 Å². The standard InChI is InChI=1S/C29H37NO7S/c1-18(2)7-5-8-19(3)9-6-14-29(4)26(32)16-23-25(31)15-22-24(27(23)37-29)17-30(28(22)33)20-10-12-21(13-11-20)38(34,35)36/h7,9-10,12,15,26,31-32H,5-6,8,11,13-14,16-17H2,1-4H3,(H,34,35,36)/b19-9+. The number of hydrogen-bond donors (Lipinski definition) is 3. The average molecular weight is 544 g/mol. The summed E-state index contributed by atoms with van der Waals surface area (Å²) in [5.41, 5.74) is 3.79. The highest BCUT2D eigenvalue weighted by Gasteiger charge is 2.44. The second-order valence-electron chi connectivity index (χ2n) is 10.9. The van der Waals surface area contributed by atoms with Crippen molar-refractivity contribution in [1.82, 2.24) is 4.90 Å². The van der Waals surface area contributed by atoms with Crippen LogP contribution in [0.3, 0.4) is 0 Å². The van der Waals surface area contributed by atoms with Gasteiger partial charge in [0.25, 0.3) is 16.0 Å². The number of phenols is 1. The van der Waals surface area contributed by atoms with Gasteiger partial charge >= 0.3 is 0 Å². The summed E-state index contributed by atoms with van der Waals surface area (Å²) < 4.78 is 38.6. The number of fused-ring (bicyclic) bond motifs is 3. The fraction of sp³-hybridized carbons (Fsp3) is 0.483. The fourth-order valence-corrected chi connectivity index (χ4v) is 5.88. The molecule has 38 heavy (non-hydrogen) atoms. The van der Waals surface area contributed by atoms with Crippen LogP contribution in [-0.4, -0.2) is 45.7 Å². The number of aliphatic hydroxyl groups excluding tert-OH is 1. The van der Waals surface area contributed by atoms with Gasteiger partial charge in [0.1, 0.15) is 17.1 Å². The van der Waals surface area contributed by atoms with Crippen LogP contribution < -0.4 is 4.74 Å². The number of carbonyl (C=O) groups is 1. The lowest BCUT2D eigenvalue weighted by molar-refractivity contribution is -0.0599. The van der Waals surface area contributed by atoms with Crippen LogP contribution in [0.2, 0.25) is 0 Å². The average Bonchev–Trinajstić information content (AvgIpc) is 3.16. The van der Waals surface area contributed by atoms with E-state index in [1.807, 2.05) is 6.92 Å². The second kappa shape index (κ2) is 10.7. The van der Waals surface area contributed by atoms with Crippen LogP contribution in [0.15, 0.2) is 52.1 Å². The van der Waals surface area contributed by atoms with Crippen molar-refractivity contribution >= 4 is 16.0 Å². The van der Waals surface area contributed by atoms with Gasteiger partial charge in [-0.15, -0.1) is 0 Å². The Labute approximate surface area is 224 Å². The summed E-state index contributed by atoms with van der Waals surface area (Å²) in [6.45, 7) is 8.36. The van der Waals surface area contributed by atoms with E-state index in [1.54, 1.807) is 4.90 Å². The molecule has 8 nitrogen and oxygen atoms in total. The summed E-state index contributed by atoms with van der Waals surface area (Å²) in [7, 11) is -4.27. The van der Waals surface area contributed by atoms with E-state index in [-0.39, 0.29) is 42.4 Å². The molecule has 4 rings (SSSR count). The minimum absolute atomic E-state index is 0.0868. The van der Waals surface area contributed by atoms with Crippen LogP contribution in [0, 0.1) is 0 Å². The Morgan fingerprint density at radius 3 is 2.53 bits per heavy atom. The molecule has 0 bridgehead atoms. The predicted octanol–water partition coefficient (Wildman–Crippen LogP) is 5.32. The number of aromatic hydroxyl groups is 1. The van der Waals surface area contributed by atoms with Crippen LogP contribution in [0.4, 0.5) is 0 Å². The molecule has 2 unspecified atom stereocenters. The molecule has 0 spiro atoms. The number of nitrogens with zero attached hydrogens (tertiary/aromatic N) is 1. The van der Waals surface area contributed by atoms with Crippen LogP contribution in [0.25, 0.3) is 0 Å². The number of hydrogen-bond acceptors (Lipinski definition) is 6. The van der Waals surface area contributed by atoms with Gasteiger partial charge in [-0.3, -0.25) is 9.35 Å². The molecular weight excluding hydrogens is 506 g/mol. The van der Waals surface area contributed by atoms with E-state index in [0.29, 0.717) is 34.6 Å². The van der Waals surface area contributed by atoms with E-state index in [0.717, 1.165) is 19.3 Å². The lowest BCUT2D eigenvalue weighted by Gasteiger charge is -2.40. The van der Waals surface area contributed by atoms with Crippen LogP contribution in [0.1, 0.15) is 87.7 Å². The zero-order valence-corrected chi connectivity index (χ0v) is 23.3. The Balaban J connectivity index is 1.55. The van der Waals surface area contributed by atoms with E-state index < -0.39 is 21.8 Å². The molecule has 2 heterocycles. The molecule has 1 aromatic rings. The maximum atomic E-state index is 13.3. The Kier molecular flexibility index (Phi) is 7.93. The van der Waals surface area contributed by atoms with Gasteiger partial charge in [-0.25, -0.2) is 0 Å². The number of benzene rings is 1. The highest BCUT2D eigenvalue weighted by Crippen LogP contribution is 2.47. The summed E-state index contributed by atoms with van der Waals surface area (Å²) in [5, 5.41) is 21.7. The zero-order chi connectivity index (χ0) is 27.8. The first-order valence-electron chi connectivity index (χ1n) is 13.0. The second-order valence-corrected chi connectivity index (χ2v) is 12.4. The maximum Gasteiger partial charge on any atom is 0.290 e. The molecule has 0 saturated heterocycles. The highest BCUT2D eigenvalue weighted by atomic mass is 32.2. The van der Waals surface area contributed by atoms with Crippen molar-refractivity contribution in [3.8, 4) is 11.5 Å². The van der Waals surface area contributed by atoms with Crippen LogP contribution in [0.5, 0.6) is 11.5 Å². The van der Waals surface area contributed by atoms with Crippen LogP contribution in [-0.2, 0) is 23.1 Å². The molecule has 2 aliphatic heterocycles. The number of carbonyl (C=O) groups excluding carboxylic acids is 1. The number of allylic oxidation sites excluding steroid dienone is 8. The minimum Gasteiger partial charge on any atom is -0.508 e. The van der Waals surface area contributed by atoms with Crippen molar-refractivity contribution in [1.29, 1.82) is 0 Å². The van der Waals surface area contributed by atoms with E-state index in [2.05, 4.69) is 32.9 Å². The first kappa shape index (κ1) is 28.1. The summed E-state index contributed by atoms with van der Waals surface area (Å²) in [6.07, 6.45) is 10.3. The molecular formula is C29H37NO7S. The van der Waals surface area contributed by atoms with Gasteiger partial charge in [0.15, 0.2) is 0 Å². The van der Waals surface area contributed by atoms with Gasteiger partial charge in [-0.1, -0.05) is 23.3 Å². The molecule has 0 radical (unpaired) electrons. The van der Waals surface area contributed by atoms with Gasteiger partial charge in [-0.2, -0.15) is 8.42 Å². The Hall–Kier alpha value is -2.88. The molecule has 2 atom stereocenters. The Morgan fingerprint density at radius 1 is 1.16 bits per heavy atom. The van der Waals surface area contributed by atoms with Crippen molar-refractivity contribution in [3.05, 3.63) is 68.8 Å². The van der Waals surface area contributed by atoms with Crippen molar-refractivity contribution in [3.63, 3.8) is 0 Å². The van der Waals surface area contributed by atoms with Gasteiger partial charge < -0.3 is 19.8 Å².